The summed E-state index contributed by atoms with van der Waals surface area (Å²) in [5.41, 5.74) is 0. The van der Waals surface area contributed by atoms with E-state index in [1.165, 1.54) is 0 Å². The monoisotopic (exact) mass is 249 g/mol. The van der Waals surface area contributed by atoms with E-state index < -0.39 is 0 Å². The molecule has 0 unspecified atom stereocenters. The molecule has 0 saturated carbocycles. The number of terminal acetylenes is 1. The van der Waals surface area contributed by atoms with Gasteiger partial charge < -0.3 is 4.99 Å². The summed E-state index contributed by atoms with van der Waals surface area (Å²) >= 11 is 1.75. The minimum atomic E-state index is 0.833. The first-order chi connectivity index (χ1) is 7.74. The van der Waals surface area contributed by atoms with Gasteiger partial charge in [-0.05, 0) is 33.1 Å². The van der Waals surface area contributed by atoms with Gasteiger partial charge in [0.1, 0.15) is 0 Å². The van der Waals surface area contributed by atoms with Crippen LogP contribution in [-0.2, 0) is 0 Å². The van der Waals surface area contributed by atoms with E-state index in [2.05, 4.69) is 24.1 Å². The molecule has 0 bridgehead atoms. The molecule has 0 aromatic heterocycles. The molecule has 0 radical (unpaired) electrons. The van der Waals surface area contributed by atoms with Crippen LogP contribution in [0, 0.1) is 12.3 Å². The van der Waals surface area contributed by atoms with Crippen LogP contribution >= 0.6 is 11.8 Å². The van der Waals surface area contributed by atoms with Gasteiger partial charge in [-0.1, -0.05) is 41.5 Å². The number of aliphatic imine (C=N–C) groups is 1. The first kappa shape index (κ1) is 36.1. The van der Waals surface area contributed by atoms with Gasteiger partial charge in [0.05, 0.1) is 0 Å². The van der Waals surface area contributed by atoms with E-state index in [0.717, 1.165) is 6.54 Å². The predicted molar refractivity (Wildman–Crippen MR) is 88.1 cm³/mol. The SMILES string of the molecule is C#CC.C=NCC.CC.CC.CC.CSC. The first-order valence-corrected chi connectivity index (χ1v) is 7.58. The molecule has 0 spiro atoms. The van der Waals surface area contributed by atoms with Gasteiger partial charge in [-0.15, -0.1) is 12.3 Å². The van der Waals surface area contributed by atoms with Gasteiger partial charge in [-0.25, -0.2) is 0 Å². The molecule has 2 heteroatoms. The van der Waals surface area contributed by atoms with Crippen molar-refractivity contribution in [2.45, 2.75) is 55.4 Å². The number of thioether (sulfide) groups is 1. The van der Waals surface area contributed by atoms with Crippen LogP contribution in [0.1, 0.15) is 55.4 Å². The highest BCUT2D eigenvalue weighted by molar-refractivity contribution is 7.97. The molecule has 0 saturated heterocycles. The summed E-state index contributed by atoms with van der Waals surface area (Å²) in [5.74, 6) is 2.25. The summed E-state index contributed by atoms with van der Waals surface area (Å²) in [5, 5.41) is 0. The molecule has 102 valence electrons. The Morgan fingerprint density at radius 1 is 1.06 bits per heavy atom. The number of hydrogen-bond donors (Lipinski definition) is 0. The van der Waals surface area contributed by atoms with Crippen molar-refractivity contribution in [2.24, 2.45) is 4.99 Å². The Morgan fingerprint density at radius 2 is 1.12 bits per heavy atom. The van der Waals surface area contributed by atoms with Crippen molar-refractivity contribution in [3.05, 3.63) is 0 Å². The lowest BCUT2D eigenvalue weighted by Gasteiger charge is -1.61. The second-order valence-electron chi connectivity index (χ2n) is 1.24. The summed E-state index contributed by atoms with van der Waals surface area (Å²) in [6.07, 6.45) is 8.68. The van der Waals surface area contributed by atoms with Crippen LogP contribution in [0.5, 0.6) is 0 Å². The van der Waals surface area contributed by atoms with Crippen molar-refractivity contribution in [1.29, 1.82) is 0 Å². The molecule has 0 rings (SSSR count). The Hall–Kier alpha value is -0.420. The zero-order valence-electron chi connectivity index (χ0n) is 13.3. The van der Waals surface area contributed by atoms with Gasteiger partial charge in [-0.2, -0.15) is 11.8 Å². The Kier molecular flexibility index (Phi) is 473. The fourth-order valence-corrected chi connectivity index (χ4v) is 0. The first-order valence-electron chi connectivity index (χ1n) is 5.94. The van der Waals surface area contributed by atoms with Crippen LogP contribution in [-0.4, -0.2) is 25.8 Å². The second kappa shape index (κ2) is 210. The minimum Gasteiger partial charge on any atom is -0.301 e. The van der Waals surface area contributed by atoms with Gasteiger partial charge in [0.2, 0.25) is 0 Å². The highest BCUT2D eigenvalue weighted by atomic mass is 32.2. The van der Waals surface area contributed by atoms with Crippen molar-refractivity contribution >= 4 is 18.5 Å². The van der Waals surface area contributed by atoms with Gasteiger partial charge in [0, 0.05) is 6.54 Å². The van der Waals surface area contributed by atoms with Crippen molar-refractivity contribution < 1.29 is 0 Å². The molecule has 0 fully saturated rings. The molecule has 0 heterocycles. The van der Waals surface area contributed by atoms with Crippen LogP contribution in [0.25, 0.3) is 0 Å². The maximum absolute atomic E-state index is 4.60. The van der Waals surface area contributed by atoms with Crippen LogP contribution < -0.4 is 0 Å². The van der Waals surface area contributed by atoms with Crippen LogP contribution in [0.4, 0.5) is 0 Å². The van der Waals surface area contributed by atoms with Crippen molar-refractivity contribution in [2.75, 3.05) is 19.1 Å². The number of rotatable bonds is 1. The maximum atomic E-state index is 4.60. The predicted octanol–water partition coefficient (Wildman–Crippen LogP) is 5.40. The number of nitrogens with zero attached hydrogens (tertiary/aromatic N) is 1. The molecule has 1 nitrogen and oxygen atoms in total. The quantitative estimate of drug-likeness (QED) is 0.447. The highest BCUT2D eigenvalue weighted by Gasteiger charge is 1.43. The van der Waals surface area contributed by atoms with Gasteiger partial charge in [0.15, 0.2) is 0 Å². The molecule has 0 N–H and O–H groups in total. The zero-order valence-corrected chi connectivity index (χ0v) is 14.2. The third-order valence-electron chi connectivity index (χ3n) is 0.224. The Morgan fingerprint density at radius 3 is 1.12 bits per heavy atom. The van der Waals surface area contributed by atoms with E-state index in [0.29, 0.717) is 0 Å². The second-order valence-corrected chi connectivity index (χ2v) is 2.05. The number of hydrogen-bond acceptors (Lipinski definition) is 2. The van der Waals surface area contributed by atoms with E-state index in [4.69, 9.17) is 0 Å². The van der Waals surface area contributed by atoms with Crippen molar-refractivity contribution in [3.8, 4) is 12.3 Å². The third-order valence-corrected chi connectivity index (χ3v) is 0.224. The minimum absolute atomic E-state index is 0.833. The highest BCUT2D eigenvalue weighted by Crippen LogP contribution is 1.70. The van der Waals surface area contributed by atoms with Gasteiger partial charge in [0.25, 0.3) is 0 Å². The Labute approximate surface area is 111 Å². The van der Waals surface area contributed by atoms with E-state index in [1.54, 1.807) is 18.7 Å². The molecule has 16 heavy (non-hydrogen) atoms. The average Bonchev–Trinajstić information content (AvgIpc) is 2.38. The van der Waals surface area contributed by atoms with Crippen LogP contribution in [0.15, 0.2) is 4.99 Å². The lowest BCUT2D eigenvalue weighted by molar-refractivity contribution is 1.15. The lowest BCUT2D eigenvalue weighted by atomic mass is 10.8. The molecule has 0 aliphatic carbocycles. The summed E-state index contributed by atoms with van der Waals surface area (Å²) < 4.78 is 0. The summed E-state index contributed by atoms with van der Waals surface area (Å²) in [6, 6.07) is 0. The largest absolute Gasteiger partial charge is 0.301 e. The van der Waals surface area contributed by atoms with Gasteiger partial charge in [-0.3, -0.25) is 0 Å². The molecular formula is C14H35NS. The molecule has 0 aliphatic heterocycles. The molecule has 0 amide bonds. The molecular weight excluding hydrogens is 214 g/mol. The van der Waals surface area contributed by atoms with Crippen molar-refractivity contribution in [1.82, 2.24) is 0 Å². The van der Waals surface area contributed by atoms with E-state index in [-0.39, 0.29) is 0 Å². The zero-order chi connectivity index (χ0) is 14.8. The van der Waals surface area contributed by atoms with Gasteiger partial charge >= 0.3 is 0 Å². The summed E-state index contributed by atoms with van der Waals surface area (Å²) in [6.45, 7) is 19.7. The van der Waals surface area contributed by atoms with E-state index in [9.17, 15) is 0 Å². The molecule has 0 aliphatic rings. The average molecular weight is 250 g/mol. The van der Waals surface area contributed by atoms with E-state index >= 15 is 0 Å². The van der Waals surface area contributed by atoms with Crippen molar-refractivity contribution in [3.63, 3.8) is 0 Å². The fourth-order valence-electron chi connectivity index (χ4n) is 0. The normalized spacial score (nSPS) is 4.31. The lowest BCUT2D eigenvalue weighted by Crippen LogP contribution is -1.54. The Bertz CT molecular complexity index is 75.3. The fraction of sp³-hybridized carbons (Fsp3) is 0.786. The molecule has 0 atom stereocenters. The van der Waals surface area contributed by atoms with Crippen LogP contribution in [0.2, 0.25) is 0 Å². The third kappa shape index (κ3) is 6390. The maximum Gasteiger partial charge on any atom is 0.0353 e. The smallest absolute Gasteiger partial charge is 0.0353 e. The topological polar surface area (TPSA) is 12.4 Å². The van der Waals surface area contributed by atoms with Crippen LogP contribution in [0.3, 0.4) is 0 Å². The standard InChI is InChI=1S/C3H7N.C3H4.C2H6S.3C2H6/c1-3-4-2;2*1-3-2;3*1-2/h2-3H2,1H3;1H,2H3;1-2H3;3*1-2H3. The Balaban J connectivity index is -0.0000000193. The summed E-state index contributed by atoms with van der Waals surface area (Å²) in [7, 11) is 0. The molecule has 0 aromatic carbocycles. The van der Waals surface area contributed by atoms with E-state index in [1.807, 2.05) is 61.0 Å². The molecule has 0 aromatic rings. The summed E-state index contributed by atoms with van der Waals surface area (Å²) in [4.78, 5) is 3.49.